The summed E-state index contributed by atoms with van der Waals surface area (Å²) in [6.07, 6.45) is 7.21. The highest BCUT2D eigenvalue weighted by molar-refractivity contribution is 5.93. The zero-order valence-corrected chi connectivity index (χ0v) is 14.7. The molecule has 6 nitrogen and oxygen atoms in total. The van der Waals surface area contributed by atoms with Crippen LogP contribution in [-0.4, -0.2) is 35.2 Å². The first kappa shape index (κ1) is 18.6. The Labute approximate surface area is 156 Å². The Bertz CT molecular complexity index is 812. The minimum Gasteiger partial charge on any atom is -0.478 e. The minimum atomic E-state index is -1.62. The Morgan fingerprint density at radius 1 is 1.00 bits per heavy atom. The average Bonchev–Trinajstić information content (AvgIpc) is 3.50. The molecule has 2 aliphatic rings. The molecule has 1 saturated carbocycles. The van der Waals surface area contributed by atoms with Crippen molar-refractivity contribution in [3.05, 3.63) is 71.3 Å². The van der Waals surface area contributed by atoms with Gasteiger partial charge in [0.05, 0.1) is 11.1 Å². The second kappa shape index (κ2) is 8.49. The molecule has 0 aromatic heterocycles. The van der Waals surface area contributed by atoms with Crippen LogP contribution >= 0.6 is 0 Å². The second-order valence-electron chi connectivity index (χ2n) is 6.36. The van der Waals surface area contributed by atoms with E-state index in [9.17, 15) is 19.5 Å². The highest BCUT2D eigenvalue weighted by Gasteiger charge is 2.35. The molecule has 0 amide bonds. The third-order valence-corrected chi connectivity index (χ3v) is 4.20. The molecule has 1 N–H and O–H groups in total. The van der Waals surface area contributed by atoms with Crippen LogP contribution in [0.15, 0.2) is 65.8 Å². The Kier molecular flexibility index (Phi) is 5.86. The minimum absolute atomic E-state index is 0.228. The zero-order chi connectivity index (χ0) is 19.2. The SMILES string of the molecule is O=C(OC(C=C1CC1)C(OC(=O)c1ccccc1)C(=O)O)C1=CCCC=C1. The molecule has 2 atom stereocenters. The Balaban J connectivity index is 1.77. The quantitative estimate of drug-likeness (QED) is 0.587. The third-order valence-electron chi connectivity index (χ3n) is 4.20. The van der Waals surface area contributed by atoms with E-state index in [0.717, 1.165) is 31.3 Å². The number of rotatable bonds is 7. The standard InChI is InChI=1S/C21H20O6/c22-19(23)18(27-21(25)16-9-5-2-6-10-16)17(13-14-11-12-14)26-20(24)15-7-3-1-4-8-15/h2-3,5-10,13,17-18H,1,4,11-12H2,(H,22,23). The molecule has 1 aromatic rings. The first-order valence-electron chi connectivity index (χ1n) is 8.80. The molecule has 2 aliphatic carbocycles. The van der Waals surface area contributed by atoms with Gasteiger partial charge in [0, 0.05) is 0 Å². The van der Waals surface area contributed by atoms with Crippen LogP contribution in [0.3, 0.4) is 0 Å². The molecule has 1 aromatic carbocycles. The molecule has 27 heavy (non-hydrogen) atoms. The summed E-state index contributed by atoms with van der Waals surface area (Å²) in [4.78, 5) is 36.4. The maximum absolute atomic E-state index is 12.4. The monoisotopic (exact) mass is 368 g/mol. The highest BCUT2D eigenvalue weighted by atomic mass is 16.6. The molecular weight excluding hydrogens is 348 g/mol. The fourth-order valence-corrected chi connectivity index (χ4v) is 2.63. The van der Waals surface area contributed by atoms with Crippen LogP contribution in [0.2, 0.25) is 0 Å². The van der Waals surface area contributed by atoms with Crippen LogP contribution in [0.1, 0.15) is 36.0 Å². The van der Waals surface area contributed by atoms with E-state index < -0.39 is 30.1 Å². The molecule has 0 heterocycles. The number of ether oxygens (including phenoxy) is 2. The van der Waals surface area contributed by atoms with Gasteiger partial charge in [0.1, 0.15) is 0 Å². The van der Waals surface area contributed by atoms with E-state index in [1.54, 1.807) is 36.4 Å². The molecule has 2 unspecified atom stereocenters. The van der Waals surface area contributed by atoms with Crippen LogP contribution in [-0.2, 0) is 19.1 Å². The highest BCUT2D eigenvalue weighted by Crippen LogP contribution is 2.30. The summed E-state index contributed by atoms with van der Waals surface area (Å²) >= 11 is 0. The van der Waals surface area contributed by atoms with Crippen LogP contribution in [0.25, 0.3) is 0 Å². The second-order valence-corrected chi connectivity index (χ2v) is 6.36. The molecule has 0 saturated heterocycles. The lowest BCUT2D eigenvalue weighted by Gasteiger charge is -2.22. The van der Waals surface area contributed by atoms with Gasteiger partial charge in [-0.1, -0.05) is 42.0 Å². The summed E-state index contributed by atoms with van der Waals surface area (Å²) in [5, 5.41) is 9.57. The molecule has 6 heteroatoms. The predicted octanol–water partition coefficient (Wildman–Crippen LogP) is 3.21. The van der Waals surface area contributed by atoms with Gasteiger partial charge in [-0.3, -0.25) is 0 Å². The summed E-state index contributed by atoms with van der Waals surface area (Å²) in [6.45, 7) is 0. The maximum Gasteiger partial charge on any atom is 0.349 e. The Morgan fingerprint density at radius 3 is 2.33 bits per heavy atom. The number of aliphatic carboxylic acids is 1. The normalized spacial score (nSPS) is 17.3. The van der Waals surface area contributed by atoms with Crippen molar-refractivity contribution in [2.75, 3.05) is 0 Å². The van der Waals surface area contributed by atoms with Gasteiger partial charge in [-0.15, -0.1) is 0 Å². The van der Waals surface area contributed by atoms with E-state index in [1.165, 1.54) is 12.1 Å². The van der Waals surface area contributed by atoms with Crippen molar-refractivity contribution in [1.82, 2.24) is 0 Å². The van der Waals surface area contributed by atoms with Gasteiger partial charge in [-0.2, -0.15) is 0 Å². The number of hydrogen-bond donors (Lipinski definition) is 1. The molecule has 1 fully saturated rings. The fourth-order valence-electron chi connectivity index (χ4n) is 2.63. The number of carboxylic acid groups (broad SMARTS) is 1. The van der Waals surface area contributed by atoms with E-state index in [2.05, 4.69) is 0 Å². The van der Waals surface area contributed by atoms with Gasteiger partial charge >= 0.3 is 17.9 Å². The largest absolute Gasteiger partial charge is 0.478 e. The summed E-state index contributed by atoms with van der Waals surface area (Å²) in [5.74, 6) is -2.78. The molecule has 3 rings (SSSR count). The van der Waals surface area contributed by atoms with Gasteiger partial charge in [0.25, 0.3) is 0 Å². The van der Waals surface area contributed by atoms with Crippen molar-refractivity contribution in [3.8, 4) is 0 Å². The lowest BCUT2D eigenvalue weighted by molar-refractivity contribution is -0.159. The van der Waals surface area contributed by atoms with E-state index in [4.69, 9.17) is 9.47 Å². The maximum atomic E-state index is 12.4. The lowest BCUT2D eigenvalue weighted by Crippen LogP contribution is -2.40. The molecule has 0 spiro atoms. The van der Waals surface area contributed by atoms with Gasteiger partial charge in [0.2, 0.25) is 6.10 Å². The van der Waals surface area contributed by atoms with Crippen molar-refractivity contribution in [3.63, 3.8) is 0 Å². The van der Waals surface area contributed by atoms with Crippen LogP contribution in [0, 0.1) is 0 Å². The van der Waals surface area contributed by atoms with Crippen molar-refractivity contribution in [1.29, 1.82) is 0 Å². The first-order chi connectivity index (χ1) is 13.0. The van der Waals surface area contributed by atoms with E-state index in [1.807, 2.05) is 6.08 Å². The van der Waals surface area contributed by atoms with Crippen molar-refractivity contribution in [2.24, 2.45) is 0 Å². The lowest BCUT2D eigenvalue weighted by atomic mass is 10.1. The van der Waals surface area contributed by atoms with Gasteiger partial charge in [-0.05, 0) is 43.9 Å². The number of esters is 2. The summed E-state index contributed by atoms with van der Waals surface area (Å²) in [7, 11) is 0. The number of allylic oxidation sites excluding steroid dienone is 3. The van der Waals surface area contributed by atoms with Gasteiger partial charge < -0.3 is 14.6 Å². The number of carboxylic acids is 1. The predicted molar refractivity (Wildman–Crippen MR) is 96.9 cm³/mol. The topological polar surface area (TPSA) is 89.9 Å². The summed E-state index contributed by atoms with van der Waals surface area (Å²) < 4.78 is 10.6. The number of benzene rings is 1. The van der Waals surface area contributed by atoms with Gasteiger partial charge in [0.15, 0.2) is 6.10 Å². The van der Waals surface area contributed by atoms with Crippen LogP contribution in [0.5, 0.6) is 0 Å². The Morgan fingerprint density at radius 2 is 1.74 bits per heavy atom. The van der Waals surface area contributed by atoms with E-state index in [0.29, 0.717) is 5.57 Å². The van der Waals surface area contributed by atoms with Crippen LogP contribution in [0.4, 0.5) is 0 Å². The Hall–Kier alpha value is -3.15. The van der Waals surface area contributed by atoms with E-state index >= 15 is 0 Å². The first-order valence-corrected chi connectivity index (χ1v) is 8.80. The van der Waals surface area contributed by atoms with Crippen LogP contribution < -0.4 is 0 Å². The van der Waals surface area contributed by atoms with Crippen molar-refractivity contribution < 1.29 is 29.0 Å². The third kappa shape index (κ3) is 5.17. The number of carbonyl (C=O) groups excluding carboxylic acids is 2. The van der Waals surface area contributed by atoms with Crippen molar-refractivity contribution >= 4 is 17.9 Å². The number of hydrogen-bond acceptors (Lipinski definition) is 5. The number of carbonyl (C=O) groups is 3. The summed E-state index contributed by atoms with van der Waals surface area (Å²) in [6, 6.07) is 8.09. The van der Waals surface area contributed by atoms with E-state index in [-0.39, 0.29) is 5.56 Å². The fraction of sp³-hybridized carbons (Fsp3) is 0.286. The smallest absolute Gasteiger partial charge is 0.349 e. The molecular formula is C21H20O6. The molecule has 0 radical (unpaired) electrons. The molecule has 140 valence electrons. The zero-order valence-electron chi connectivity index (χ0n) is 14.7. The molecule has 0 bridgehead atoms. The molecule has 0 aliphatic heterocycles. The van der Waals surface area contributed by atoms with Gasteiger partial charge in [-0.25, -0.2) is 14.4 Å². The van der Waals surface area contributed by atoms with Crippen molar-refractivity contribution in [2.45, 2.75) is 37.9 Å². The average molecular weight is 368 g/mol. The summed E-state index contributed by atoms with van der Waals surface area (Å²) in [5.41, 5.74) is 1.58.